The summed E-state index contributed by atoms with van der Waals surface area (Å²) in [6, 6.07) is 1.53. The maximum atomic E-state index is 13.6. The Labute approximate surface area is 114 Å². The Bertz CT molecular complexity index is 628. The van der Waals surface area contributed by atoms with Crippen molar-refractivity contribution >= 4 is 27.6 Å². The summed E-state index contributed by atoms with van der Waals surface area (Å²) < 4.78 is 40.9. The van der Waals surface area contributed by atoms with Gasteiger partial charge in [0.15, 0.2) is 0 Å². The molecule has 0 saturated heterocycles. The predicted molar refractivity (Wildman–Crippen MR) is 65.8 cm³/mol. The van der Waals surface area contributed by atoms with Gasteiger partial charge in [-0.15, -0.1) is 0 Å². The molecule has 0 spiro atoms. The molecule has 5 nitrogen and oxygen atoms in total. The second kappa shape index (κ2) is 5.07. The van der Waals surface area contributed by atoms with Crippen molar-refractivity contribution in [2.45, 2.75) is 17.7 Å². The number of ether oxygens (including phenoxy) is 1. The highest BCUT2D eigenvalue weighted by atomic mass is 35.5. The van der Waals surface area contributed by atoms with Crippen molar-refractivity contribution in [1.29, 1.82) is 0 Å². The van der Waals surface area contributed by atoms with Crippen LogP contribution in [0.25, 0.3) is 0 Å². The Balaban J connectivity index is 2.30. The van der Waals surface area contributed by atoms with Crippen LogP contribution in [0.5, 0.6) is 0 Å². The molecule has 0 unspecified atom stereocenters. The zero-order valence-electron chi connectivity index (χ0n) is 9.73. The lowest BCUT2D eigenvalue weighted by atomic mass is 10.2. The smallest absolute Gasteiger partial charge is 0.341 e. The van der Waals surface area contributed by atoms with E-state index in [0.717, 1.165) is 25.0 Å². The monoisotopic (exact) mass is 307 g/mol. The summed E-state index contributed by atoms with van der Waals surface area (Å²) in [5, 5.41) is 4.55. The number of hydrogen-bond donors (Lipinski definition) is 1. The molecule has 8 heteroatoms. The summed E-state index contributed by atoms with van der Waals surface area (Å²) in [6.45, 7) is 0.200. The number of primary sulfonamides is 1. The number of benzene rings is 1. The van der Waals surface area contributed by atoms with Gasteiger partial charge in [0.05, 0.1) is 17.2 Å². The Morgan fingerprint density at radius 3 is 2.63 bits per heavy atom. The molecule has 0 aromatic heterocycles. The number of nitrogens with two attached hydrogens (primary N) is 1. The van der Waals surface area contributed by atoms with E-state index in [0.29, 0.717) is 5.92 Å². The number of carbonyl (C=O) groups is 1. The van der Waals surface area contributed by atoms with Gasteiger partial charge in [-0.3, -0.25) is 0 Å². The van der Waals surface area contributed by atoms with E-state index in [4.69, 9.17) is 21.5 Å². The number of halogens is 2. The van der Waals surface area contributed by atoms with Gasteiger partial charge in [-0.25, -0.2) is 22.7 Å². The fourth-order valence-corrected chi connectivity index (χ4v) is 2.55. The normalized spacial score (nSPS) is 15.3. The average molecular weight is 308 g/mol. The van der Waals surface area contributed by atoms with Crippen molar-refractivity contribution in [1.82, 2.24) is 0 Å². The molecular weight excluding hydrogens is 297 g/mol. The van der Waals surface area contributed by atoms with Gasteiger partial charge in [0.2, 0.25) is 10.0 Å². The summed E-state index contributed by atoms with van der Waals surface area (Å²) in [5.41, 5.74) is -0.492. The first-order valence-corrected chi connectivity index (χ1v) is 7.40. The van der Waals surface area contributed by atoms with Crippen molar-refractivity contribution in [3.05, 3.63) is 28.5 Å². The van der Waals surface area contributed by atoms with E-state index in [1.165, 1.54) is 0 Å². The molecule has 0 atom stereocenters. The molecule has 19 heavy (non-hydrogen) atoms. The highest BCUT2D eigenvalue weighted by Gasteiger charge is 2.25. The van der Waals surface area contributed by atoms with Gasteiger partial charge in [-0.2, -0.15) is 0 Å². The molecule has 1 aliphatic carbocycles. The van der Waals surface area contributed by atoms with Crippen LogP contribution in [0.3, 0.4) is 0 Å². The van der Waals surface area contributed by atoms with Crippen LogP contribution in [0.1, 0.15) is 23.2 Å². The number of sulfonamides is 1. The third-order valence-corrected chi connectivity index (χ3v) is 4.07. The summed E-state index contributed by atoms with van der Waals surface area (Å²) in [4.78, 5) is 11.1. The van der Waals surface area contributed by atoms with E-state index < -0.39 is 32.3 Å². The second-order valence-electron chi connectivity index (χ2n) is 4.35. The lowest BCUT2D eigenvalue weighted by Crippen LogP contribution is -2.16. The van der Waals surface area contributed by atoms with Crippen LogP contribution in [-0.2, 0) is 14.8 Å². The van der Waals surface area contributed by atoms with Gasteiger partial charge < -0.3 is 4.74 Å². The van der Waals surface area contributed by atoms with E-state index >= 15 is 0 Å². The fourth-order valence-electron chi connectivity index (χ4n) is 1.46. The van der Waals surface area contributed by atoms with E-state index in [1.54, 1.807) is 0 Å². The quantitative estimate of drug-likeness (QED) is 0.858. The Hall–Kier alpha value is -1.18. The molecule has 1 aromatic rings. The number of carbonyl (C=O) groups excluding carboxylic acids is 1. The van der Waals surface area contributed by atoms with Gasteiger partial charge in [0.1, 0.15) is 10.7 Å². The van der Waals surface area contributed by atoms with Crippen molar-refractivity contribution < 1.29 is 22.3 Å². The minimum atomic E-state index is -4.13. The molecule has 0 heterocycles. The van der Waals surface area contributed by atoms with Crippen molar-refractivity contribution in [2.24, 2.45) is 11.1 Å². The van der Waals surface area contributed by atoms with Gasteiger partial charge in [-0.1, -0.05) is 11.6 Å². The molecular formula is C11H11ClFNO4S. The minimum absolute atomic E-state index is 0.200. The maximum absolute atomic E-state index is 13.6. The van der Waals surface area contributed by atoms with Crippen molar-refractivity contribution in [2.75, 3.05) is 6.61 Å². The Kier molecular flexibility index (Phi) is 3.80. The number of hydrogen-bond acceptors (Lipinski definition) is 4. The lowest BCUT2D eigenvalue weighted by Gasteiger charge is -2.08. The number of esters is 1. The first-order valence-electron chi connectivity index (χ1n) is 5.48. The van der Waals surface area contributed by atoms with Gasteiger partial charge >= 0.3 is 5.97 Å². The molecule has 1 aromatic carbocycles. The summed E-state index contributed by atoms with van der Waals surface area (Å²) in [6.07, 6.45) is 1.94. The van der Waals surface area contributed by atoms with Gasteiger partial charge in [0, 0.05) is 0 Å². The summed E-state index contributed by atoms with van der Waals surface area (Å²) >= 11 is 5.58. The maximum Gasteiger partial charge on any atom is 0.341 e. The molecule has 1 fully saturated rings. The number of rotatable bonds is 4. The van der Waals surface area contributed by atoms with Gasteiger partial charge in [0.25, 0.3) is 0 Å². The van der Waals surface area contributed by atoms with Crippen LogP contribution in [0.2, 0.25) is 5.02 Å². The zero-order valence-corrected chi connectivity index (χ0v) is 11.3. The highest BCUT2D eigenvalue weighted by molar-refractivity contribution is 7.89. The summed E-state index contributed by atoms with van der Waals surface area (Å²) in [7, 11) is -4.13. The molecule has 1 aliphatic rings. The zero-order chi connectivity index (χ0) is 14.2. The fraction of sp³-hybridized carbons (Fsp3) is 0.364. The van der Waals surface area contributed by atoms with E-state index in [-0.39, 0.29) is 11.6 Å². The van der Waals surface area contributed by atoms with Crippen molar-refractivity contribution in [3.63, 3.8) is 0 Å². The molecule has 2 N–H and O–H groups in total. The van der Waals surface area contributed by atoms with E-state index in [9.17, 15) is 17.6 Å². The molecule has 0 bridgehead atoms. The first-order chi connectivity index (χ1) is 8.79. The van der Waals surface area contributed by atoms with Crippen LogP contribution in [-0.4, -0.2) is 21.0 Å². The van der Waals surface area contributed by atoms with E-state index in [1.807, 2.05) is 0 Å². The molecule has 104 valence electrons. The Morgan fingerprint density at radius 1 is 1.47 bits per heavy atom. The molecule has 0 radical (unpaired) electrons. The molecule has 0 aliphatic heterocycles. The molecule has 1 saturated carbocycles. The summed E-state index contributed by atoms with van der Waals surface area (Å²) in [5.74, 6) is -1.55. The highest BCUT2D eigenvalue weighted by Crippen LogP contribution is 2.30. The Morgan fingerprint density at radius 2 is 2.11 bits per heavy atom. The van der Waals surface area contributed by atoms with Crippen LogP contribution in [0.15, 0.2) is 17.0 Å². The average Bonchev–Trinajstić information content (AvgIpc) is 3.07. The van der Waals surface area contributed by atoms with Crippen LogP contribution in [0.4, 0.5) is 4.39 Å². The minimum Gasteiger partial charge on any atom is -0.462 e. The van der Waals surface area contributed by atoms with Crippen LogP contribution >= 0.6 is 11.6 Å². The van der Waals surface area contributed by atoms with Crippen LogP contribution in [0, 0.1) is 11.7 Å². The third kappa shape index (κ3) is 3.43. The largest absolute Gasteiger partial charge is 0.462 e. The molecule has 0 amide bonds. The molecule has 2 rings (SSSR count). The predicted octanol–water partition coefficient (Wildman–Crippen LogP) is 1.69. The van der Waals surface area contributed by atoms with Crippen molar-refractivity contribution in [3.8, 4) is 0 Å². The topological polar surface area (TPSA) is 86.5 Å². The lowest BCUT2D eigenvalue weighted by molar-refractivity contribution is 0.0480. The van der Waals surface area contributed by atoms with Crippen LogP contribution < -0.4 is 5.14 Å². The standard InChI is InChI=1S/C11H11ClFNO4S/c12-8-4-9(13)7(3-10(8)19(14,16)17)11(15)18-5-6-1-2-6/h3-4,6H,1-2,5H2,(H2,14,16,17). The SMILES string of the molecule is NS(=O)(=O)c1cc(C(=O)OCC2CC2)c(F)cc1Cl. The second-order valence-corrected chi connectivity index (χ2v) is 6.29. The van der Waals surface area contributed by atoms with E-state index in [2.05, 4.69) is 0 Å². The first kappa shape index (κ1) is 14.2. The van der Waals surface area contributed by atoms with Gasteiger partial charge in [-0.05, 0) is 30.9 Å². The third-order valence-electron chi connectivity index (χ3n) is 2.70.